The fraction of sp³-hybridized carbons (Fsp3) is 0.630. The molecule has 1 aromatic carbocycles. The number of benzene rings is 1. The zero-order valence-corrected chi connectivity index (χ0v) is 23.7. The number of nitrogens with two attached hydrogens (primary N) is 1. The van der Waals surface area contributed by atoms with Crippen molar-refractivity contribution in [2.24, 2.45) is 17.6 Å². The summed E-state index contributed by atoms with van der Waals surface area (Å²) in [6.45, 7) is 11.3. The number of rotatable bonds is 14. The third kappa shape index (κ3) is 13.7. The maximum absolute atomic E-state index is 12.5. The monoisotopic (exact) mass is 555 g/mol. The molecule has 0 saturated carbocycles. The molecule has 0 spiro atoms. The van der Waals surface area contributed by atoms with Gasteiger partial charge in [0, 0.05) is 0 Å². The second-order valence-corrected chi connectivity index (χ2v) is 9.78. The van der Waals surface area contributed by atoms with Crippen molar-refractivity contribution in [2.75, 3.05) is 20.3 Å². The molecule has 0 fully saturated rings. The van der Waals surface area contributed by atoms with E-state index in [0.717, 1.165) is 7.11 Å². The maximum atomic E-state index is 12.5. The van der Waals surface area contributed by atoms with Gasteiger partial charge in [-0.05, 0) is 62.6 Å². The van der Waals surface area contributed by atoms with Gasteiger partial charge in [0.25, 0.3) is 0 Å². The molecule has 3 atom stereocenters. The molecule has 0 aliphatic heterocycles. The third-order valence-corrected chi connectivity index (χ3v) is 5.40. The molecule has 12 heteroatoms. The molecule has 0 aromatic heterocycles. The van der Waals surface area contributed by atoms with Gasteiger partial charge in [0.05, 0.1) is 20.3 Å². The van der Waals surface area contributed by atoms with Crippen molar-refractivity contribution in [1.29, 1.82) is 0 Å². The molecule has 12 nitrogen and oxygen atoms in total. The minimum Gasteiger partial charge on any atom is -0.458 e. The van der Waals surface area contributed by atoms with Crippen LogP contribution in [0.2, 0.25) is 0 Å². The average molecular weight is 556 g/mol. The van der Waals surface area contributed by atoms with Crippen LogP contribution in [0.4, 0.5) is 14.4 Å². The van der Waals surface area contributed by atoms with E-state index in [0.29, 0.717) is 30.2 Å². The first-order valence-corrected chi connectivity index (χ1v) is 12.8. The van der Waals surface area contributed by atoms with Gasteiger partial charge in [0.2, 0.25) is 0 Å². The van der Waals surface area contributed by atoms with Crippen molar-refractivity contribution >= 4 is 24.4 Å². The standard InChI is InChI=1S/C27H41NO11/c1-16(2)10-12-34-26(31)38-22-9-8-20(15-23(22)39-27(32)35-13-11-17(3)4)14-21(28)24(29)36-18(5)19(6)37-25(30)33-7/h8-9,15-19,21H,10-14,28H2,1-7H3/t18-,19-,21-/m0/s1. The summed E-state index contributed by atoms with van der Waals surface area (Å²) in [5, 5.41) is 0. The molecule has 0 aliphatic carbocycles. The summed E-state index contributed by atoms with van der Waals surface area (Å²) in [5.41, 5.74) is 6.51. The molecule has 220 valence electrons. The zero-order chi connectivity index (χ0) is 29.5. The Hall–Kier alpha value is -3.54. The Balaban J connectivity index is 2.93. The summed E-state index contributed by atoms with van der Waals surface area (Å²) >= 11 is 0. The van der Waals surface area contributed by atoms with E-state index in [1.165, 1.54) is 19.1 Å². The first-order valence-electron chi connectivity index (χ1n) is 12.8. The molecule has 0 unspecified atom stereocenters. The van der Waals surface area contributed by atoms with Gasteiger partial charge in [-0.25, -0.2) is 14.4 Å². The number of methoxy groups -OCH3 is 1. The Labute approximate surface area is 229 Å². The highest BCUT2D eigenvalue weighted by molar-refractivity contribution is 5.76. The number of esters is 1. The van der Waals surface area contributed by atoms with Crippen LogP contribution in [0, 0.1) is 11.8 Å². The molecule has 1 aromatic rings. The van der Waals surface area contributed by atoms with Crippen LogP contribution >= 0.6 is 0 Å². The second-order valence-electron chi connectivity index (χ2n) is 9.78. The van der Waals surface area contributed by atoms with E-state index in [9.17, 15) is 19.2 Å². The first kappa shape index (κ1) is 33.5. The highest BCUT2D eigenvalue weighted by Gasteiger charge is 2.25. The summed E-state index contributed by atoms with van der Waals surface area (Å²) in [6, 6.07) is 3.24. The van der Waals surface area contributed by atoms with Crippen LogP contribution in [0.15, 0.2) is 18.2 Å². The van der Waals surface area contributed by atoms with Crippen molar-refractivity contribution < 1.29 is 52.3 Å². The van der Waals surface area contributed by atoms with E-state index in [1.807, 2.05) is 27.7 Å². The Kier molecular flexibility index (Phi) is 14.7. The van der Waals surface area contributed by atoms with Crippen LogP contribution in [0.25, 0.3) is 0 Å². The molecule has 0 bridgehead atoms. The largest absolute Gasteiger partial charge is 0.513 e. The molecular weight excluding hydrogens is 514 g/mol. The van der Waals surface area contributed by atoms with Crippen molar-refractivity contribution in [3.05, 3.63) is 23.8 Å². The zero-order valence-electron chi connectivity index (χ0n) is 23.7. The molecule has 1 rings (SSSR count). The molecule has 0 amide bonds. The SMILES string of the molecule is COC(=O)O[C@@H](C)[C@H](C)OC(=O)[C@@H](N)Cc1ccc(OC(=O)OCCC(C)C)c(OC(=O)OCCC(C)C)c1. The Morgan fingerprint density at radius 2 is 1.26 bits per heavy atom. The molecule has 0 saturated heterocycles. The Morgan fingerprint density at radius 3 is 1.77 bits per heavy atom. The number of carbonyl (C=O) groups excluding carboxylic acids is 4. The normalized spacial score (nSPS) is 13.2. The van der Waals surface area contributed by atoms with Gasteiger partial charge in [-0.3, -0.25) is 4.79 Å². The van der Waals surface area contributed by atoms with Gasteiger partial charge in [0.1, 0.15) is 18.2 Å². The number of hydrogen-bond acceptors (Lipinski definition) is 12. The summed E-state index contributed by atoms with van der Waals surface area (Å²) in [7, 11) is 1.16. The fourth-order valence-corrected chi connectivity index (χ4v) is 2.84. The first-order chi connectivity index (χ1) is 18.3. The van der Waals surface area contributed by atoms with Crippen LogP contribution in [-0.4, -0.2) is 63.0 Å². The highest BCUT2D eigenvalue weighted by Crippen LogP contribution is 2.30. The Bertz CT molecular complexity index is 948. The van der Waals surface area contributed by atoms with Gasteiger partial charge in [-0.2, -0.15) is 0 Å². The smallest absolute Gasteiger partial charge is 0.458 e. The van der Waals surface area contributed by atoms with Crippen LogP contribution in [0.3, 0.4) is 0 Å². The van der Waals surface area contributed by atoms with Crippen molar-refractivity contribution in [3.63, 3.8) is 0 Å². The van der Waals surface area contributed by atoms with Gasteiger partial charge in [0.15, 0.2) is 11.5 Å². The maximum Gasteiger partial charge on any atom is 0.513 e. The lowest BCUT2D eigenvalue weighted by Gasteiger charge is -2.22. The lowest BCUT2D eigenvalue weighted by Crippen LogP contribution is -2.39. The van der Waals surface area contributed by atoms with Gasteiger partial charge >= 0.3 is 24.4 Å². The number of ether oxygens (including phenoxy) is 7. The predicted octanol–water partition coefficient (Wildman–Crippen LogP) is 4.78. The summed E-state index contributed by atoms with van der Waals surface area (Å²) in [4.78, 5) is 48.1. The van der Waals surface area contributed by atoms with Crippen LogP contribution < -0.4 is 15.2 Å². The molecule has 2 N–H and O–H groups in total. The fourth-order valence-electron chi connectivity index (χ4n) is 2.84. The summed E-state index contributed by atoms with van der Waals surface area (Å²) < 4.78 is 35.3. The Morgan fingerprint density at radius 1 is 0.744 bits per heavy atom. The van der Waals surface area contributed by atoms with Crippen molar-refractivity contribution in [2.45, 2.75) is 79.1 Å². The van der Waals surface area contributed by atoms with E-state index in [-0.39, 0.29) is 31.1 Å². The van der Waals surface area contributed by atoms with Gasteiger partial charge < -0.3 is 38.9 Å². The van der Waals surface area contributed by atoms with Gasteiger partial charge in [-0.15, -0.1) is 0 Å². The molecule has 0 aliphatic rings. The van der Waals surface area contributed by atoms with E-state index in [4.69, 9.17) is 34.2 Å². The van der Waals surface area contributed by atoms with Crippen LogP contribution in [0.5, 0.6) is 11.5 Å². The minimum atomic E-state index is -1.10. The van der Waals surface area contributed by atoms with Crippen molar-refractivity contribution in [1.82, 2.24) is 0 Å². The van der Waals surface area contributed by atoms with E-state index >= 15 is 0 Å². The predicted molar refractivity (Wildman–Crippen MR) is 139 cm³/mol. The summed E-state index contributed by atoms with van der Waals surface area (Å²) in [6.07, 6.45) is -3.13. The number of carbonyl (C=O) groups is 4. The molecule has 0 radical (unpaired) electrons. The van der Waals surface area contributed by atoms with E-state index < -0.39 is 42.7 Å². The molecular formula is C27H41NO11. The van der Waals surface area contributed by atoms with E-state index in [2.05, 4.69) is 4.74 Å². The van der Waals surface area contributed by atoms with Crippen LogP contribution in [0.1, 0.15) is 59.9 Å². The summed E-state index contributed by atoms with van der Waals surface area (Å²) in [5.74, 6) is -0.282. The molecule has 0 heterocycles. The average Bonchev–Trinajstić information content (AvgIpc) is 2.84. The van der Waals surface area contributed by atoms with E-state index in [1.54, 1.807) is 13.0 Å². The topological polar surface area (TPSA) is 159 Å². The second kappa shape index (κ2) is 17.1. The van der Waals surface area contributed by atoms with Crippen LogP contribution in [-0.2, 0) is 34.9 Å². The van der Waals surface area contributed by atoms with Gasteiger partial charge in [-0.1, -0.05) is 33.8 Å². The number of hydrogen-bond donors (Lipinski definition) is 1. The lowest BCUT2D eigenvalue weighted by molar-refractivity contribution is -0.155. The van der Waals surface area contributed by atoms with Crippen molar-refractivity contribution in [3.8, 4) is 11.5 Å². The lowest BCUT2D eigenvalue weighted by atomic mass is 10.1. The molecule has 39 heavy (non-hydrogen) atoms. The minimum absolute atomic E-state index is 0.00430. The highest BCUT2D eigenvalue weighted by atomic mass is 16.7. The quantitative estimate of drug-likeness (QED) is 0.190. The third-order valence-electron chi connectivity index (χ3n) is 5.40.